The highest BCUT2D eigenvalue weighted by atomic mass is 32.2. The van der Waals surface area contributed by atoms with Gasteiger partial charge in [-0.25, -0.2) is 18.3 Å². The van der Waals surface area contributed by atoms with Crippen LogP contribution in [0, 0.1) is 40.7 Å². The molecule has 0 spiro atoms. The Kier molecular flexibility index (Phi) is 8.64. The van der Waals surface area contributed by atoms with Crippen LogP contribution in [0.4, 0.5) is 10.1 Å². The summed E-state index contributed by atoms with van der Waals surface area (Å²) in [6.07, 6.45) is 4.82. The molecule has 0 unspecified atom stereocenters. The molecule has 2 aliphatic rings. The van der Waals surface area contributed by atoms with E-state index in [1.54, 1.807) is 10.7 Å². The number of pyridine rings is 1. The molecule has 3 aromatic rings. The molecule has 5 rings (SSSR count). The summed E-state index contributed by atoms with van der Waals surface area (Å²) in [5.74, 6) is -0.407. The third kappa shape index (κ3) is 6.04. The predicted octanol–water partition coefficient (Wildman–Crippen LogP) is 5.19. The second-order valence-corrected chi connectivity index (χ2v) is 14.1. The average Bonchev–Trinajstić information content (AvgIpc) is 3.32. The highest BCUT2D eigenvalue weighted by molar-refractivity contribution is 7.92. The van der Waals surface area contributed by atoms with E-state index in [-0.39, 0.29) is 29.5 Å². The van der Waals surface area contributed by atoms with Crippen LogP contribution in [-0.4, -0.2) is 55.5 Å². The number of nitrogens with one attached hydrogen (secondary N) is 2. The lowest BCUT2D eigenvalue weighted by molar-refractivity contribution is -0.127. The van der Waals surface area contributed by atoms with E-state index in [1.807, 2.05) is 45.0 Å². The SMILES string of the molecule is Cc1c(-c2ccc(N3CCS(=N)(=O)CC3)cc2)c([C@@H]2CCCC[C@H]2C(=O)N[C@H](C#N)C(C)C)nn1-c1ncccc1F. The van der Waals surface area contributed by atoms with E-state index in [4.69, 9.17) is 9.88 Å². The number of carbonyl (C=O) groups is 1. The minimum absolute atomic E-state index is 0.0175. The van der Waals surface area contributed by atoms with Crippen LogP contribution in [-0.2, 0) is 14.5 Å². The van der Waals surface area contributed by atoms with Crippen molar-refractivity contribution < 1.29 is 13.4 Å². The van der Waals surface area contributed by atoms with Crippen molar-refractivity contribution in [3.8, 4) is 23.0 Å². The Morgan fingerprint density at radius 1 is 1.17 bits per heavy atom. The van der Waals surface area contributed by atoms with E-state index in [1.165, 1.54) is 12.3 Å². The molecule has 1 aromatic carbocycles. The van der Waals surface area contributed by atoms with Crippen LogP contribution in [0.1, 0.15) is 56.8 Å². The normalized spacial score (nSPS) is 21.1. The molecule has 3 atom stereocenters. The third-order valence-electron chi connectivity index (χ3n) is 8.54. The number of hydrogen-bond donors (Lipinski definition) is 2. The van der Waals surface area contributed by atoms with Crippen LogP contribution < -0.4 is 10.2 Å². The molecule has 1 saturated heterocycles. The van der Waals surface area contributed by atoms with Crippen LogP contribution in [0.2, 0.25) is 0 Å². The molecule has 11 heteroatoms. The summed E-state index contributed by atoms with van der Waals surface area (Å²) in [4.78, 5) is 20.0. The van der Waals surface area contributed by atoms with Crippen molar-refractivity contribution in [3.63, 3.8) is 0 Å². The Balaban J connectivity index is 1.55. The zero-order valence-corrected chi connectivity index (χ0v) is 25.2. The Morgan fingerprint density at radius 2 is 1.86 bits per heavy atom. The third-order valence-corrected chi connectivity index (χ3v) is 10.2. The van der Waals surface area contributed by atoms with Gasteiger partial charge in [-0.2, -0.15) is 10.4 Å². The molecule has 0 bridgehead atoms. The highest BCUT2D eigenvalue weighted by Gasteiger charge is 2.37. The fourth-order valence-electron chi connectivity index (χ4n) is 6.09. The summed E-state index contributed by atoms with van der Waals surface area (Å²) < 4.78 is 36.5. The fourth-order valence-corrected chi connectivity index (χ4v) is 7.32. The molecular weight excluding hydrogens is 553 g/mol. The Bertz CT molecular complexity index is 1580. The maximum Gasteiger partial charge on any atom is 0.224 e. The lowest BCUT2D eigenvalue weighted by Gasteiger charge is -2.31. The average molecular weight is 592 g/mol. The van der Waals surface area contributed by atoms with Crippen molar-refractivity contribution >= 4 is 21.3 Å². The van der Waals surface area contributed by atoms with Gasteiger partial charge in [0, 0.05) is 63.6 Å². The lowest BCUT2D eigenvalue weighted by atomic mass is 9.75. The van der Waals surface area contributed by atoms with Gasteiger partial charge in [-0.15, -0.1) is 0 Å². The number of benzene rings is 1. The molecule has 1 saturated carbocycles. The van der Waals surface area contributed by atoms with E-state index in [2.05, 4.69) is 21.3 Å². The van der Waals surface area contributed by atoms with Crippen molar-refractivity contribution in [1.82, 2.24) is 20.1 Å². The maximum absolute atomic E-state index is 15.0. The number of rotatable bonds is 7. The van der Waals surface area contributed by atoms with Crippen LogP contribution in [0.25, 0.3) is 16.9 Å². The maximum atomic E-state index is 15.0. The number of nitriles is 1. The summed E-state index contributed by atoms with van der Waals surface area (Å²) in [6.45, 7) is 6.86. The molecule has 1 amide bonds. The molecule has 42 heavy (non-hydrogen) atoms. The van der Waals surface area contributed by atoms with E-state index in [0.29, 0.717) is 31.0 Å². The minimum Gasteiger partial charge on any atom is -0.370 e. The zero-order valence-electron chi connectivity index (χ0n) is 24.3. The van der Waals surface area contributed by atoms with Gasteiger partial charge in [-0.1, -0.05) is 38.8 Å². The van der Waals surface area contributed by atoms with Gasteiger partial charge in [-0.05, 0) is 55.5 Å². The first-order chi connectivity index (χ1) is 20.1. The molecule has 0 radical (unpaired) electrons. The molecule has 2 N–H and O–H groups in total. The number of carbonyl (C=O) groups excluding carboxylic acids is 1. The summed E-state index contributed by atoms with van der Waals surface area (Å²) in [5.41, 5.74) is 4.20. The zero-order chi connectivity index (χ0) is 30.0. The molecule has 2 aromatic heterocycles. The topological polar surface area (TPSA) is 128 Å². The van der Waals surface area contributed by atoms with Crippen LogP contribution >= 0.6 is 0 Å². The van der Waals surface area contributed by atoms with Crippen molar-refractivity contribution in [3.05, 3.63) is 59.8 Å². The predicted molar refractivity (Wildman–Crippen MR) is 161 cm³/mol. The van der Waals surface area contributed by atoms with Gasteiger partial charge in [0.1, 0.15) is 6.04 Å². The molecule has 1 aliphatic heterocycles. The van der Waals surface area contributed by atoms with Gasteiger partial charge < -0.3 is 10.2 Å². The molecular formula is C31H38FN7O2S. The van der Waals surface area contributed by atoms with E-state index >= 15 is 0 Å². The van der Waals surface area contributed by atoms with E-state index < -0.39 is 21.6 Å². The van der Waals surface area contributed by atoms with Crippen molar-refractivity contribution in [2.24, 2.45) is 11.8 Å². The Hall–Kier alpha value is -3.78. The van der Waals surface area contributed by atoms with Crippen molar-refractivity contribution in [1.29, 1.82) is 10.0 Å². The molecule has 1 aliphatic carbocycles. The van der Waals surface area contributed by atoms with Crippen LogP contribution in [0.5, 0.6) is 0 Å². The number of nitrogens with zero attached hydrogens (tertiary/aromatic N) is 5. The fraction of sp³-hybridized carbons (Fsp3) is 0.484. The Labute approximate surface area is 247 Å². The molecule has 2 fully saturated rings. The van der Waals surface area contributed by atoms with Gasteiger partial charge in [0.15, 0.2) is 11.6 Å². The summed E-state index contributed by atoms with van der Waals surface area (Å²) in [5, 5.41) is 17.5. The number of aromatic nitrogens is 3. The quantitative estimate of drug-likeness (QED) is 0.389. The second-order valence-electron chi connectivity index (χ2n) is 11.7. The van der Waals surface area contributed by atoms with E-state index in [0.717, 1.165) is 47.5 Å². The minimum atomic E-state index is -2.49. The van der Waals surface area contributed by atoms with Crippen molar-refractivity contribution in [2.45, 2.75) is 58.4 Å². The number of hydrogen-bond acceptors (Lipinski definition) is 7. The lowest BCUT2D eigenvalue weighted by Crippen LogP contribution is -2.43. The number of amides is 1. The highest BCUT2D eigenvalue weighted by Crippen LogP contribution is 2.43. The summed E-state index contributed by atoms with van der Waals surface area (Å²) in [6, 6.07) is 12.6. The molecule has 9 nitrogen and oxygen atoms in total. The van der Waals surface area contributed by atoms with Crippen molar-refractivity contribution in [2.75, 3.05) is 29.5 Å². The standard InChI is InChI=1S/C31H38FN7O2S/c1-20(2)27(19-33)36-31(40)25-8-5-4-7-24(25)29-28(21(3)39(37-29)30-26(32)9-6-14-35-30)22-10-12-23(13-11-22)38-15-17-42(34,41)18-16-38/h6,9-14,20,24-25,27,34H,4-5,7-8,15-18H2,1-3H3,(H,36,40)/t24-,25-,27-/m1/s1. The number of halogens is 1. The Morgan fingerprint density at radius 3 is 2.50 bits per heavy atom. The summed E-state index contributed by atoms with van der Waals surface area (Å²) in [7, 11) is -2.49. The first-order valence-electron chi connectivity index (χ1n) is 14.6. The first-order valence-corrected chi connectivity index (χ1v) is 16.5. The van der Waals surface area contributed by atoms with Gasteiger partial charge >= 0.3 is 0 Å². The second kappa shape index (κ2) is 12.2. The van der Waals surface area contributed by atoms with E-state index in [9.17, 15) is 18.7 Å². The monoisotopic (exact) mass is 591 g/mol. The van der Waals surface area contributed by atoms with Gasteiger partial charge in [0.2, 0.25) is 5.91 Å². The van der Waals surface area contributed by atoms with Crippen LogP contribution in [0.15, 0.2) is 42.6 Å². The van der Waals surface area contributed by atoms with Gasteiger partial charge in [0.05, 0.1) is 17.5 Å². The molecule has 222 valence electrons. The first kappa shape index (κ1) is 29.7. The van der Waals surface area contributed by atoms with Gasteiger partial charge in [0.25, 0.3) is 0 Å². The smallest absolute Gasteiger partial charge is 0.224 e. The number of anilines is 1. The summed E-state index contributed by atoms with van der Waals surface area (Å²) >= 11 is 0. The van der Waals surface area contributed by atoms with Crippen LogP contribution in [0.3, 0.4) is 0 Å². The molecule has 3 heterocycles. The largest absolute Gasteiger partial charge is 0.370 e. The van der Waals surface area contributed by atoms with Gasteiger partial charge in [-0.3, -0.25) is 9.57 Å².